The normalized spacial score (nSPS) is 16.1. The Bertz CT molecular complexity index is 414. The third-order valence-corrected chi connectivity index (χ3v) is 3.20. The smallest absolute Gasteiger partial charge is 0.308 e. The van der Waals surface area contributed by atoms with Gasteiger partial charge < -0.3 is 9.84 Å². The van der Waals surface area contributed by atoms with E-state index in [9.17, 15) is 4.79 Å². The van der Waals surface area contributed by atoms with E-state index in [4.69, 9.17) is 9.84 Å². The van der Waals surface area contributed by atoms with Crippen LogP contribution in [0.3, 0.4) is 0 Å². The summed E-state index contributed by atoms with van der Waals surface area (Å²) in [6, 6.07) is 0. The highest BCUT2D eigenvalue weighted by Gasteiger charge is 2.24. The van der Waals surface area contributed by atoms with Crippen LogP contribution in [0.1, 0.15) is 42.9 Å². The lowest BCUT2D eigenvalue weighted by Crippen LogP contribution is -2.11. The number of carboxylic acid groups (broad SMARTS) is 1. The van der Waals surface area contributed by atoms with Crippen LogP contribution in [0.25, 0.3) is 0 Å². The first-order chi connectivity index (χ1) is 8.22. The minimum absolute atomic E-state index is 0.0736. The molecule has 17 heavy (non-hydrogen) atoms. The van der Waals surface area contributed by atoms with Crippen LogP contribution in [0.4, 0.5) is 0 Å². The van der Waals surface area contributed by atoms with Crippen LogP contribution in [0.5, 0.6) is 5.88 Å². The lowest BCUT2D eigenvalue weighted by atomic mass is 9.97. The van der Waals surface area contributed by atoms with Crippen LogP contribution in [-0.2, 0) is 11.2 Å². The van der Waals surface area contributed by atoms with Gasteiger partial charge in [0.2, 0.25) is 5.88 Å². The molecular formula is C12H16N2O3. The molecule has 0 radical (unpaired) electrons. The van der Waals surface area contributed by atoms with Crippen LogP contribution in [0, 0.1) is 0 Å². The molecule has 0 aliphatic heterocycles. The Hall–Kier alpha value is -1.65. The van der Waals surface area contributed by atoms with Gasteiger partial charge in [-0.1, -0.05) is 12.8 Å². The van der Waals surface area contributed by atoms with Gasteiger partial charge in [-0.15, -0.1) is 0 Å². The molecule has 2 rings (SSSR count). The average molecular weight is 236 g/mol. The molecule has 1 saturated carbocycles. The standard InChI is InChI=1S/C12H16N2O3/c1-17-12-9(6-10(15)16)11(13-7-14-12)8-4-2-3-5-8/h7-8H,2-6H2,1H3,(H,15,16). The van der Waals surface area contributed by atoms with Gasteiger partial charge in [0.1, 0.15) is 6.33 Å². The third kappa shape index (κ3) is 2.54. The van der Waals surface area contributed by atoms with Gasteiger partial charge >= 0.3 is 5.97 Å². The van der Waals surface area contributed by atoms with Crippen molar-refractivity contribution in [1.82, 2.24) is 9.97 Å². The van der Waals surface area contributed by atoms with E-state index in [1.54, 1.807) is 0 Å². The van der Waals surface area contributed by atoms with Gasteiger partial charge in [-0.3, -0.25) is 4.79 Å². The monoisotopic (exact) mass is 236 g/mol. The van der Waals surface area contributed by atoms with Gasteiger partial charge in [-0.25, -0.2) is 9.97 Å². The Morgan fingerprint density at radius 1 is 1.47 bits per heavy atom. The number of rotatable bonds is 4. The highest BCUT2D eigenvalue weighted by molar-refractivity contribution is 5.71. The summed E-state index contributed by atoms with van der Waals surface area (Å²) in [6.07, 6.45) is 5.90. The number of hydrogen-bond acceptors (Lipinski definition) is 4. The Balaban J connectivity index is 2.37. The lowest BCUT2D eigenvalue weighted by molar-refractivity contribution is -0.136. The number of methoxy groups -OCH3 is 1. The van der Waals surface area contributed by atoms with E-state index in [1.165, 1.54) is 26.3 Å². The van der Waals surface area contributed by atoms with Crippen molar-refractivity contribution in [2.24, 2.45) is 0 Å². The van der Waals surface area contributed by atoms with Crippen LogP contribution in [0.15, 0.2) is 6.33 Å². The average Bonchev–Trinajstić information content (AvgIpc) is 2.82. The molecule has 1 heterocycles. The van der Waals surface area contributed by atoms with Crippen LogP contribution >= 0.6 is 0 Å². The summed E-state index contributed by atoms with van der Waals surface area (Å²) < 4.78 is 5.13. The summed E-state index contributed by atoms with van der Waals surface area (Å²) in [7, 11) is 1.51. The van der Waals surface area contributed by atoms with Crippen molar-refractivity contribution >= 4 is 5.97 Å². The predicted octanol–water partition coefficient (Wildman–Crippen LogP) is 1.77. The molecule has 5 nitrogen and oxygen atoms in total. The number of nitrogens with zero attached hydrogens (tertiary/aromatic N) is 2. The number of hydrogen-bond donors (Lipinski definition) is 1. The topological polar surface area (TPSA) is 72.3 Å². The second kappa shape index (κ2) is 5.12. The third-order valence-electron chi connectivity index (χ3n) is 3.20. The summed E-state index contributed by atoms with van der Waals surface area (Å²) in [5.74, 6) is -0.122. The zero-order chi connectivity index (χ0) is 12.3. The number of carbonyl (C=O) groups is 1. The van der Waals surface area contributed by atoms with Crippen molar-refractivity contribution in [3.63, 3.8) is 0 Å². The Morgan fingerprint density at radius 2 is 2.18 bits per heavy atom. The molecule has 92 valence electrons. The Labute approximate surface area is 99.9 Å². The molecule has 5 heteroatoms. The number of carboxylic acids is 1. The molecule has 1 N–H and O–H groups in total. The van der Waals surface area contributed by atoms with Gasteiger partial charge in [0.25, 0.3) is 0 Å². The van der Waals surface area contributed by atoms with Gasteiger partial charge in [0.15, 0.2) is 0 Å². The first kappa shape index (κ1) is 11.8. The molecule has 1 fully saturated rings. The molecule has 1 aromatic heterocycles. The predicted molar refractivity (Wildman–Crippen MR) is 61.1 cm³/mol. The fraction of sp³-hybridized carbons (Fsp3) is 0.583. The fourth-order valence-electron chi connectivity index (χ4n) is 2.45. The molecule has 0 bridgehead atoms. The molecule has 0 amide bonds. The molecule has 0 aromatic carbocycles. The second-order valence-electron chi connectivity index (χ2n) is 4.30. The minimum atomic E-state index is -0.877. The summed E-state index contributed by atoms with van der Waals surface area (Å²) in [4.78, 5) is 19.1. The minimum Gasteiger partial charge on any atom is -0.481 e. The van der Waals surface area contributed by atoms with Crippen molar-refractivity contribution in [2.45, 2.75) is 38.0 Å². The van der Waals surface area contributed by atoms with Gasteiger partial charge in [0.05, 0.1) is 19.2 Å². The van der Waals surface area contributed by atoms with Crippen molar-refractivity contribution < 1.29 is 14.6 Å². The SMILES string of the molecule is COc1ncnc(C2CCCC2)c1CC(=O)O. The number of aromatic nitrogens is 2. The van der Waals surface area contributed by atoms with Gasteiger partial charge in [-0.2, -0.15) is 0 Å². The van der Waals surface area contributed by atoms with E-state index in [1.807, 2.05) is 0 Å². The molecule has 0 saturated heterocycles. The van der Waals surface area contributed by atoms with Crippen molar-refractivity contribution in [3.8, 4) is 5.88 Å². The number of ether oxygens (including phenoxy) is 1. The second-order valence-corrected chi connectivity index (χ2v) is 4.30. The molecular weight excluding hydrogens is 220 g/mol. The molecule has 0 unspecified atom stereocenters. The molecule has 1 aliphatic carbocycles. The van der Waals surface area contributed by atoms with Crippen LogP contribution in [-0.4, -0.2) is 28.2 Å². The van der Waals surface area contributed by atoms with Crippen LogP contribution < -0.4 is 4.74 Å². The van der Waals surface area contributed by atoms with E-state index < -0.39 is 5.97 Å². The summed E-state index contributed by atoms with van der Waals surface area (Å²) >= 11 is 0. The highest BCUT2D eigenvalue weighted by atomic mass is 16.5. The van der Waals surface area contributed by atoms with E-state index in [-0.39, 0.29) is 6.42 Å². The molecule has 1 aliphatic rings. The lowest BCUT2D eigenvalue weighted by Gasteiger charge is -2.14. The molecule has 0 spiro atoms. The Kier molecular flexibility index (Phi) is 3.56. The van der Waals surface area contributed by atoms with Crippen molar-refractivity contribution in [3.05, 3.63) is 17.6 Å². The Morgan fingerprint density at radius 3 is 2.76 bits per heavy atom. The quantitative estimate of drug-likeness (QED) is 0.862. The fourth-order valence-corrected chi connectivity index (χ4v) is 2.45. The maximum Gasteiger partial charge on any atom is 0.308 e. The zero-order valence-electron chi connectivity index (χ0n) is 9.85. The van der Waals surface area contributed by atoms with E-state index in [2.05, 4.69) is 9.97 Å². The number of aliphatic carboxylic acids is 1. The first-order valence-corrected chi connectivity index (χ1v) is 5.82. The highest BCUT2D eigenvalue weighted by Crippen LogP contribution is 2.36. The summed E-state index contributed by atoms with van der Waals surface area (Å²) in [6.45, 7) is 0. The van der Waals surface area contributed by atoms with Gasteiger partial charge in [-0.05, 0) is 12.8 Å². The van der Waals surface area contributed by atoms with E-state index >= 15 is 0 Å². The zero-order valence-corrected chi connectivity index (χ0v) is 9.85. The van der Waals surface area contributed by atoms with Crippen molar-refractivity contribution in [1.29, 1.82) is 0 Å². The maximum atomic E-state index is 10.9. The molecule has 0 atom stereocenters. The first-order valence-electron chi connectivity index (χ1n) is 5.82. The van der Waals surface area contributed by atoms with Crippen LogP contribution in [0.2, 0.25) is 0 Å². The van der Waals surface area contributed by atoms with Gasteiger partial charge in [0, 0.05) is 11.5 Å². The summed E-state index contributed by atoms with van der Waals surface area (Å²) in [5, 5.41) is 8.94. The maximum absolute atomic E-state index is 10.9. The van der Waals surface area contributed by atoms with E-state index in [0.29, 0.717) is 17.4 Å². The molecule has 1 aromatic rings. The largest absolute Gasteiger partial charge is 0.481 e. The van der Waals surface area contributed by atoms with Crippen molar-refractivity contribution in [2.75, 3.05) is 7.11 Å². The van der Waals surface area contributed by atoms with E-state index in [0.717, 1.165) is 18.5 Å². The summed E-state index contributed by atoms with van der Waals surface area (Å²) in [5.41, 5.74) is 1.49.